The van der Waals surface area contributed by atoms with Crippen LogP contribution in [0.25, 0.3) is 0 Å². The number of carbonyl (C=O) groups excluding carboxylic acids is 2. The number of hydrogen-bond acceptors (Lipinski definition) is 7. The fraction of sp³-hybridized carbons (Fsp3) is 0.889. The second kappa shape index (κ2) is 8.47. The van der Waals surface area contributed by atoms with Crippen LogP contribution in [0, 0.1) is 0 Å². The monoisotopic (exact) mass is 353 g/mol. The Morgan fingerprint density at radius 1 is 1.08 bits per heavy atom. The summed E-state index contributed by atoms with van der Waals surface area (Å²) < 4.78 is 10.3. The molecule has 1 N–H and O–H groups in total. The van der Waals surface area contributed by atoms with Gasteiger partial charge in [0, 0.05) is 25.2 Å². The van der Waals surface area contributed by atoms with E-state index in [0.29, 0.717) is 12.6 Å². The molecule has 0 bridgehead atoms. The number of nitrogens with zero attached hydrogens (tertiary/aromatic N) is 2. The Labute approximate surface area is 150 Å². The molecule has 3 aliphatic rings. The summed E-state index contributed by atoms with van der Waals surface area (Å²) in [6, 6.07) is 0.214. The Kier molecular flexibility index (Phi) is 6.30. The lowest BCUT2D eigenvalue weighted by molar-refractivity contribution is -0.149. The lowest BCUT2D eigenvalue weighted by atomic mass is 10.0. The number of hydrogen-bond donors (Lipinski definition) is 1. The molecule has 4 atom stereocenters. The summed E-state index contributed by atoms with van der Waals surface area (Å²) in [6.45, 7) is 5.95. The maximum Gasteiger partial charge on any atom is 0.323 e. The first-order valence-electron chi connectivity index (χ1n) is 9.62. The number of piperidine rings is 1. The van der Waals surface area contributed by atoms with E-state index in [2.05, 4.69) is 15.1 Å². The maximum absolute atomic E-state index is 12.5. The molecule has 3 saturated heterocycles. The van der Waals surface area contributed by atoms with E-state index in [0.717, 1.165) is 58.3 Å². The highest BCUT2D eigenvalue weighted by Gasteiger charge is 2.46. The summed E-state index contributed by atoms with van der Waals surface area (Å²) in [5.41, 5.74) is 0. The van der Waals surface area contributed by atoms with Gasteiger partial charge in [-0.25, -0.2) is 0 Å². The predicted octanol–water partition coefficient (Wildman–Crippen LogP) is 0.382. The van der Waals surface area contributed by atoms with E-state index in [9.17, 15) is 9.59 Å². The molecular formula is C18H31N3O4. The topological polar surface area (TPSA) is 71.1 Å². The molecule has 0 aromatic heterocycles. The predicted molar refractivity (Wildman–Crippen MR) is 93.2 cm³/mol. The molecule has 3 aliphatic heterocycles. The highest BCUT2D eigenvalue weighted by molar-refractivity contribution is 5.77. The van der Waals surface area contributed by atoms with Crippen LogP contribution in [0.3, 0.4) is 0 Å². The van der Waals surface area contributed by atoms with Crippen molar-refractivity contribution in [2.24, 2.45) is 0 Å². The Morgan fingerprint density at radius 3 is 2.60 bits per heavy atom. The molecule has 25 heavy (non-hydrogen) atoms. The van der Waals surface area contributed by atoms with E-state index in [1.54, 1.807) is 0 Å². The molecule has 142 valence electrons. The molecule has 3 fully saturated rings. The smallest absolute Gasteiger partial charge is 0.323 e. The quantitative estimate of drug-likeness (QED) is 0.717. The minimum atomic E-state index is -0.200. The van der Waals surface area contributed by atoms with Crippen LogP contribution in [0.5, 0.6) is 0 Å². The van der Waals surface area contributed by atoms with Crippen LogP contribution in [0.2, 0.25) is 0 Å². The lowest BCUT2D eigenvalue weighted by Crippen LogP contribution is -2.51. The Morgan fingerprint density at radius 2 is 1.92 bits per heavy atom. The van der Waals surface area contributed by atoms with Crippen molar-refractivity contribution in [1.29, 1.82) is 0 Å². The Balaban J connectivity index is 1.73. The van der Waals surface area contributed by atoms with E-state index in [4.69, 9.17) is 9.47 Å². The van der Waals surface area contributed by atoms with Gasteiger partial charge in [-0.05, 0) is 52.1 Å². The van der Waals surface area contributed by atoms with Gasteiger partial charge >= 0.3 is 11.9 Å². The minimum absolute atomic E-state index is 0.121. The van der Waals surface area contributed by atoms with Crippen molar-refractivity contribution in [1.82, 2.24) is 15.1 Å². The Hall–Kier alpha value is -1.18. The lowest BCUT2D eigenvalue weighted by Gasteiger charge is -2.35. The first-order chi connectivity index (χ1) is 12.2. The first kappa shape index (κ1) is 18.6. The molecule has 7 nitrogen and oxygen atoms in total. The second-order valence-electron chi connectivity index (χ2n) is 7.27. The van der Waals surface area contributed by atoms with Gasteiger partial charge in [0.25, 0.3) is 0 Å². The number of esters is 2. The summed E-state index contributed by atoms with van der Waals surface area (Å²) in [7, 11) is 1.45. The molecule has 0 spiro atoms. The molecule has 0 amide bonds. The van der Waals surface area contributed by atoms with Crippen LogP contribution in [-0.4, -0.2) is 85.8 Å². The molecule has 3 heterocycles. The van der Waals surface area contributed by atoms with Crippen LogP contribution < -0.4 is 5.32 Å². The summed E-state index contributed by atoms with van der Waals surface area (Å²) in [5, 5.41) is 3.44. The summed E-state index contributed by atoms with van der Waals surface area (Å²) in [4.78, 5) is 29.2. The fourth-order valence-corrected chi connectivity index (χ4v) is 4.68. The summed E-state index contributed by atoms with van der Waals surface area (Å²) >= 11 is 0. The van der Waals surface area contributed by atoms with Crippen molar-refractivity contribution in [2.45, 2.75) is 63.2 Å². The number of carbonyl (C=O) groups is 2. The third-order valence-corrected chi connectivity index (χ3v) is 5.85. The van der Waals surface area contributed by atoms with Gasteiger partial charge < -0.3 is 14.8 Å². The van der Waals surface area contributed by atoms with E-state index in [1.165, 1.54) is 7.11 Å². The van der Waals surface area contributed by atoms with E-state index in [1.807, 2.05) is 6.92 Å². The number of likely N-dealkylation sites (tertiary alicyclic amines) is 2. The van der Waals surface area contributed by atoms with Crippen molar-refractivity contribution < 1.29 is 19.1 Å². The highest BCUT2D eigenvalue weighted by atomic mass is 16.5. The van der Waals surface area contributed by atoms with Crippen LogP contribution >= 0.6 is 0 Å². The van der Waals surface area contributed by atoms with Gasteiger partial charge in [0.15, 0.2) is 0 Å². The van der Waals surface area contributed by atoms with Gasteiger partial charge in [0.1, 0.15) is 12.1 Å². The average Bonchev–Trinajstić information content (AvgIpc) is 3.29. The SMILES string of the molecule is CCOC(=O)C1CC(N2CCCC2C(=O)OC)CN1C1CCCNC1. The molecular weight excluding hydrogens is 322 g/mol. The van der Waals surface area contributed by atoms with Gasteiger partial charge in [-0.2, -0.15) is 0 Å². The number of ether oxygens (including phenoxy) is 2. The zero-order valence-corrected chi connectivity index (χ0v) is 15.4. The third-order valence-electron chi connectivity index (χ3n) is 5.85. The molecule has 0 radical (unpaired) electrons. The van der Waals surface area contributed by atoms with Crippen LogP contribution in [0.1, 0.15) is 39.0 Å². The highest BCUT2D eigenvalue weighted by Crippen LogP contribution is 2.32. The number of methoxy groups -OCH3 is 1. The number of rotatable bonds is 5. The van der Waals surface area contributed by atoms with Crippen molar-refractivity contribution in [2.75, 3.05) is 39.9 Å². The Bertz CT molecular complexity index is 481. The minimum Gasteiger partial charge on any atom is -0.468 e. The van der Waals surface area contributed by atoms with Gasteiger partial charge in [-0.15, -0.1) is 0 Å². The van der Waals surface area contributed by atoms with Gasteiger partial charge in [-0.1, -0.05) is 0 Å². The summed E-state index contributed by atoms with van der Waals surface area (Å²) in [6.07, 6.45) is 4.83. The van der Waals surface area contributed by atoms with Crippen LogP contribution in [-0.2, 0) is 19.1 Å². The number of nitrogens with one attached hydrogen (secondary N) is 1. The molecule has 0 aromatic rings. The van der Waals surface area contributed by atoms with E-state index in [-0.39, 0.29) is 30.1 Å². The molecule has 0 aliphatic carbocycles. The van der Waals surface area contributed by atoms with Crippen LogP contribution in [0.15, 0.2) is 0 Å². The van der Waals surface area contributed by atoms with Gasteiger partial charge in [0.05, 0.1) is 13.7 Å². The molecule has 0 aromatic carbocycles. The largest absolute Gasteiger partial charge is 0.468 e. The van der Waals surface area contributed by atoms with Gasteiger partial charge in [0.2, 0.25) is 0 Å². The second-order valence-corrected chi connectivity index (χ2v) is 7.27. The standard InChI is InChI=1S/C18H31N3O4/c1-3-25-18(23)16-10-14(12-21(16)13-6-4-8-19-11-13)20-9-5-7-15(20)17(22)24-2/h13-16,19H,3-12H2,1-2H3. The van der Waals surface area contributed by atoms with Gasteiger partial charge in [-0.3, -0.25) is 19.4 Å². The zero-order chi connectivity index (χ0) is 17.8. The van der Waals surface area contributed by atoms with Crippen molar-refractivity contribution in [3.63, 3.8) is 0 Å². The molecule has 0 saturated carbocycles. The van der Waals surface area contributed by atoms with Crippen molar-refractivity contribution in [3.05, 3.63) is 0 Å². The van der Waals surface area contributed by atoms with Crippen molar-refractivity contribution >= 4 is 11.9 Å². The zero-order valence-electron chi connectivity index (χ0n) is 15.4. The van der Waals surface area contributed by atoms with E-state index < -0.39 is 0 Å². The molecule has 4 unspecified atom stereocenters. The summed E-state index contributed by atoms with van der Waals surface area (Å²) in [5.74, 6) is -0.271. The first-order valence-corrected chi connectivity index (χ1v) is 9.62. The molecule has 3 rings (SSSR count). The maximum atomic E-state index is 12.5. The normalized spacial score (nSPS) is 34.2. The van der Waals surface area contributed by atoms with Crippen molar-refractivity contribution in [3.8, 4) is 0 Å². The average molecular weight is 353 g/mol. The molecule has 7 heteroatoms. The fourth-order valence-electron chi connectivity index (χ4n) is 4.68. The van der Waals surface area contributed by atoms with Crippen LogP contribution in [0.4, 0.5) is 0 Å². The third kappa shape index (κ3) is 3.99. The van der Waals surface area contributed by atoms with E-state index >= 15 is 0 Å².